The molecule has 2 aliphatic rings. The lowest BCUT2D eigenvalue weighted by molar-refractivity contribution is 0.152. The highest BCUT2D eigenvalue weighted by atomic mass is 16.5. The summed E-state index contributed by atoms with van der Waals surface area (Å²) in [6, 6.07) is 28.4. The molecule has 0 atom stereocenters. The Kier molecular flexibility index (Phi) is 4.74. The van der Waals surface area contributed by atoms with Gasteiger partial charge in [0.1, 0.15) is 5.75 Å². The van der Waals surface area contributed by atoms with Crippen LogP contribution in [0, 0.1) is 6.92 Å². The highest BCUT2D eigenvalue weighted by molar-refractivity contribution is 5.94. The maximum atomic E-state index is 6.96. The third-order valence-corrected chi connectivity index (χ3v) is 6.93. The van der Waals surface area contributed by atoms with Gasteiger partial charge < -0.3 is 4.74 Å². The Morgan fingerprint density at radius 3 is 1.91 bits per heavy atom. The molecule has 0 aromatic heterocycles. The van der Waals surface area contributed by atoms with E-state index in [1.165, 1.54) is 38.6 Å². The van der Waals surface area contributed by atoms with Crippen molar-refractivity contribution in [3.8, 4) is 5.75 Å². The molecule has 0 saturated carbocycles. The maximum Gasteiger partial charge on any atom is 0.178 e. The zero-order valence-corrected chi connectivity index (χ0v) is 19.6. The van der Waals surface area contributed by atoms with Gasteiger partial charge in [-0.15, -0.1) is 0 Å². The van der Waals surface area contributed by atoms with Crippen molar-refractivity contribution in [2.45, 2.75) is 45.6 Å². The Hall–Kier alpha value is -3.32. The molecule has 1 aliphatic carbocycles. The second-order valence-corrected chi connectivity index (χ2v) is 9.09. The summed E-state index contributed by atoms with van der Waals surface area (Å²) < 4.78 is 6.96. The van der Waals surface area contributed by atoms with Gasteiger partial charge in [0.25, 0.3) is 0 Å². The Balaban J connectivity index is 0.00000105. The average Bonchev–Trinajstić information content (AvgIpc) is 2.84. The van der Waals surface area contributed by atoms with Gasteiger partial charge in [0.15, 0.2) is 5.60 Å². The van der Waals surface area contributed by atoms with Crippen molar-refractivity contribution in [3.63, 3.8) is 0 Å². The molecule has 0 amide bonds. The predicted octanol–water partition coefficient (Wildman–Crippen LogP) is 8.16. The maximum absolute atomic E-state index is 6.96. The zero-order chi connectivity index (χ0) is 22.5. The van der Waals surface area contributed by atoms with Crippen LogP contribution in [0.5, 0.6) is 5.75 Å². The molecule has 32 heavy (non-hydrogen) atoms. The molecule has 0 radical (unpaired) electrons. The summed E-state index contributed by atoms with van der Waals surface area (Å²) in [6.07, 6.45) is 4.53. The highest BCUT2D eigenvalue weighted by Gasteiger charge is 2.48. The van der Waals surface area contributed by atoms with E-state index in [2.05, 4.69) is 112 Å². The topological polar surface area (TPSA) is 9.23 Å². The second-order valence-electron chi connectivity index (χ2n) is 9.09. The first kappa shape index (κ1) is 20.6. The van der Waals surface area contributed by atoms with Crippen molar-refractivity contribution in [1.82, 2.24) is 0 Å². The van der Waals surface area contributed by atoms with Crippen LogP contribution >= 0.6 is 0 Å². The smallest absolute Gasteiger partial charge is 0.178 e. The summed E-state index contributed by atoms with van der Waals surface area (Å²) in [4.78, 5) is 0. The zero-order valence-electron chi connectivity index (χ0n) is 19.6. The normalized spacial score (nSPS) is 16.3. The lowest BCUT2D eigenvalue weighted by Gasteiger charge is -2.46. The van der Waals surface area contributed by atoms with Crippen molar-refractivity contribution >= 4 is 16.8 Å². The minimum Gasteiger partial charge on any atom is -0.473 e. The third kappa shape index (κ3) is 2.77. The Bertz CT molecular complexity index is 1310. The first-order chi connectivity index (χ1) is 15.5. The molecule has 1 aliphatic heterocycles. The number of ether oxygens (including phenoxy) is 1. The molecular weight excluding hydrogens is 388 g/mol. The van der Waals surface area contributed by atoms with Crippen LogP contribution < -0.4 is 4.74 Å². The van der Waals surface area contributed by atoms with Crippen molar-refractivity contribution < 1.29 is 4.74 Å². The fourth-order valence-corrected chi connectivity index (χ4v) is 5.41. The molecule has 0 bridgehead atoms. The molecule has 1 nitrogen and oxygen atoms in total. The molecule has 1 spiro atoms. The molecule has 1 heterocycles. The Morgan fingerprint density at radius 2 is 1.28 bits per heavy atom. The molecular formula is C31H30O. The van der Waals surface area contributed by atoms with Gasteiger partial charge >= 0.3 is 0 Å². The highest BCUT2D eigenvalue weighted by Crippen LogP contribution is 2.53. The number of benzene rings is 4. The standard InChI is InChI=1S/C29H24O.C2H6/c1-19-12-14-21-20(18-19)13-15-27-22(21)16-17-29(30-27)25-10-6-4-8-23(25)28(2,3)24-9-5-7-11-26(24)29;1-2/h4-18H,1-3H3;1-2H3. The van der Waals surface area contributed by atoms with Crippen molar-refractivity contribution in [3.05, 3.63) is 118 Å². The van der Waals surface area contributed by atoms with Gasteiger partial charge in [0, 0.05) is 22.1 Å². The van der Waals surface area contributed by atoms with Gasteiger partial charge in [-0.2, -0.15) is 0 Å². The first-order valence-electron chi connectivity index (χ1n) is 11.6. The van der Waals surface area contributed by atoms with Crippen LogP contribution in [0.2, 0.25) is 0 Å². The van der Waals surface area contributed by atoms with Crippen LogP contribution in [0.3, 0.4) is 0 Å². The molecule has 0 unspecified atom stereocenters. The van der Waals surface area contributed by atoms with E-state index in [0.29, 0.717) is 0 Å². The molecule has 1 heteroatoms. The second kappa shape index (κ2) is 7.38. The fraction of sp³-hybridized carbons (Fsp3) is 0.226. The molecule has 0 fully saturated rings. The van der Waals surface area contributed by atoms with Gasteiger partial charge in [-0.05, 0) is 47.0 Å². The number of hydrogen-bond donors (Lipinski definition) is 0. The lowest BCUT2D eigenvalue weighted by Crippen LogP contribution is -2.43. The monoisotopic (exact) mass is 418 g/mol. The summed E-state index contributed by atoms with van der Waals surface area (Å²) in [5.41, 5.74) is 6.89. The average molecular weight is 419 g/mol. The fourth-order valence-electron chi connectivity index (χ4n) is 5.41. The van der Waals surface area contributed by atoms with Crippen LogP contribution in [0.4, 0.5) is 0 Å². The minimum absolute atomic E-state index is 0.0726. The third-order valence-electron chi connectivity index (χ3n) is 6.93. The molecule has 160 valence electrons. The Labute approximate surface area is 191 Å². The summed E-state index contributed by atoms with van der Waals surface area (Å²) in [5.74, 6) is 0.943. The number of rotatable bonds is 0. The van der Waals surface area contributed by atoms with E-state index in [4.69, 9.17) is 4.74 Å². The van der Waals surface area contributed by atoms with E-state index in [1.807, 2.05) is 13.8 Å². The van der Waals surface area contributed by atoms with Crippen LogP contribution in [-0.4, -0.2) is 0 Å². The van der Waals surface area contributed by atoms with Gasteiger partial charge in [0.05, 0.1) is 0 Å². The van der Waals surface area contributed by atoms with E-state index in [-0.39, 0.29) is 5.41 Å². The first-order valence-corrected chi connectivity index (χ1v) is 11.6. The molecule has 0 saturated heterocycles. The van der Waals surface area contributed by atoms with E-state index in [1.54, 1.807) is 0 Å². The quantitative estimate of drug-likeness (QED) is 0.280. The van der Waals surface area contributed by atoms with Gasteiger partial charge in [-0.25, -0.2) is 0 Å². The van der Waals surface area contributed by atoms with Crippen molar-refractivity contribution in [1.29, 1.82) is 0 Å². The van der Waals surface area contributed by atoms with Gasteiger partial charge in [-0.3, -0.25) is 0 Å². The van der Waals surface area contributed by atoms with E-state index < -0.39 is 5.60 Å². The summed E-state index contributed by atoms with van der Waals surface area (Å²) in [5, 5.41) is 2.49. The van der Waals surface area contributed by atoms with Crippen molar-refractivity contribution in [2.75, 3.05) is 0 Å². The van der Waals surface area contributed by atoms with Crippen molar-refractivity contribution in [2.24, 2.45) is 0 Å². The molecule has 0 N–H and O–H groups in total. The molecule has 4 aromatic rings. The van der Waals surface area contributed by atoms with Crippen LogP contribution in [0.1, 0.15) is 61.1 Å². The predicted molar refractivity (Wildman–Crippen MR) is 135 cm³/mol. The number of hydrogen-bond acceptors (Lipinski definition) is 1. The summed E-state index contributed by atoms with van der Waals surface area (Å²) in [6.45, 7) is 10.8. The van der Waals surface area contributed by atoms with E-state index >= 15 is 0 Å². The summed E-state index contributed by atoms with van der Waals surface area (Å²) >= 11 is 0. The number of aryl methyl sites for hydroxylation is 1. The Morgan fingerprint density at radius 1 is 0.688 bits per heavy atom. The number of fused-ring (bicyclic) bond motifs is 7. The van der Waals surface area contributed by atoms with Crippen LogP contribution in [0.15, 0.2) is 84.9 Å². The van der Waals surface area contributed by atoms with Crippen LogP contribution in [-0.2, 0) is 11.0 Å². The lowest BCUT2D eigenvalue weighted by atomic mass is 9.63. The van der Waals surface area contributed by atoms with Gasteiger partial charge in [-0.1, -0.05) is 106 Å². The van der Waals surface area contributed by atoms with Crippen LogP contribution in [0.25, 0.3) is 16.8 Å². The largest absolute Gasteiger partial charge is 0.473 e. The van der Waals surface area contributed by atoms with E-state index in [0.717, 1.165) is 11.3 Å². The summed E-state index contributed by atoms with van der Waals surface area (Å²) in [7, 11) is 0. The minimum atomic E-state index is -0.603. The molecule has 4 aromatic carbocycles. The van der Waals surface area contributed by atoms with Gasteiger partial charge in [0.2, 0.25) is 0 Å². The molecule has 6 rings (SSSR count). The van der Waals surface area contributed by atoms with E-state index in [9.17, 15) is 0 Å². The SMILES string of the molecule is CC.Cc1ccc2c3c(ccc2c1)OC1(C=C3)c2ccccc2C(C)(C)c2ccccc21.